The van der Waals surface area contributed by atoms with Crippen molar-refractivity contribution in [1.82, 2.24) is 4.98 Å². The molecule has 2 N–H and O–H groups in total. The number of rotatable bonds is 6. The van der Waals surface area contributed by atoms with E-state index in [1.165, 1.54) is 25.7 Å². The Morgan fingerprint density at radius 3 is 2.73 bits per heavy atom. The van der Waals surface area contributed by atoms with Crippen LogP contribution >= 0.6 is 11.6 Å². The molecule has 1 rings (SSSR count). The van der Waals surface area contributed by atoms with Gasteiger partial charge in [-0.3, -0.25) is 4.98 Å². The molecule has 0 aliphatic carbocycles. The van der Waals surface area contributed by atoms with Crippen molar-refractivity contribution in [2.24, 2.45) is 5.73 Å². The third-order valence-electron chi connectivity index (χ3n) is 2.50. The third kappa shape index (κ3) is 4.63. The van der Waals surface area contributed by atoms with Gasteiger partial charge >= 0.3 is 0 Å². The van der Waals surface area contributed by atoms with Gasteiger partial charge in [0.2, 0.25) is 0 Å². The summed E-state index contributed by atoms with van der Waals surface area (Å²) in [6, 6.07) is 3.81. The fourth-order valence-corrected chi connectivity index (χ4v) is 1.66. The molecule has 0 spiro atoms. The topological polar surface area (TPSA) is 38.9 Å². The molecular weight excluding hydrogens is 208 g/mol. The second kappa shape index (κ2) is 6.81. The number of aromatic nitrogens is 1. The molecule has 1 aromatic heterocycles. The Kier molecular flexibility index (Phi) is 5.66. The van der Waals surface area contributed by atoms with Crippen LogP contribution in [-0.4, -0.2) is 4.98 Å². The van der Waals surface area contributed by atoms with Crippen molar-refractivity contribution in [1.29, 1.82) is 0 Å². The highest BCUT2D eigenvalue weighted by atomic mass is 35.5. The van der Waals surface area contributed by atoms with Crippen LogP contribution in [0, 0.1) is 0 Å². The van der Waals surface area contributed by atoms with E-state index in [9.17, 15) is 0 Å². The van der Waals surface area contributed by atoms with Gasteiger partial charge in [0.25, 0.3) is 0 Å². The van der Waals surface area contributed by atoms with Gasteiger partial charge in [0.05, 0.1) is 10.7 Å². The van der Waals surface area contributed by atoms with E-state index in [-0.39, 0.29) is 6.04 Å². The minimum Gasteiger partial charge on any atom is -0.323 e. The van der Waals surface area contributed by atoms with Crippen LogP contribution in [0.4, 0.5) is 0 Å². The van der Waals surface area contributed by atoms with Crippen LogP contribution in [0.2, 0.25) is 5.02 Å². The average Bonchev–Trinajstić information content (AvgIpc) is 2.25. The summed E-state index contributed by atoms with van der Waals surface area (Å²) in [7, 11) is 0. The SMILES string of the molecule is CCCCCCC(N)c1ccc(Cl)cn1. The van der Waals surface area contributed by atoms with Crippen molar-refractivity contribution in [2.45, 2.75) is 45.1 Å². The summed E-state index contributed by atoms with van der Waals surface area (Å²) in [5.74, 6) is 0. The highest BCUT2D eigenvalue weighted by Crippen LogP contribution is 2.17. The second-order valence-corrected chi connectivity index (χ2v) is 4.29. The van der Waals surface area contributed by atoms with Crippen molar-refractivity contribution in [3.8, 4) is 0 Å². The van der Waals surface area contributed by atoms with E-state index in [0.717, 1.165) is 12.1 Å². The molecule has 3 heteroatoms. The number of nitrogens with two attached hydrogens (primary N) is 1. The molecule has 1 atom stereocenters. The number of pyridine rings is 1. The maximum atomic E-state index is 6.02. The molecule has 1 aromatic rings. The lowest BCUT2D eigenvalue weighted by molar-refractivity contribution is 0.557. The van der Waals surface area contributed by atoms with E-state index in [2.05, 4.69) is 11.9 Å². The molecule has 84 valence electrons. The van der Waals surface area contributed by atoms with E-state index in [1.807, 2.05) is 12.1 Å². The molecule has 2 nitrogen and oxygen atoms in total. The lowest BCUT2D eigenvalue weighted by atomic mass is 10.1. The Hall–Kier alpha value is -0.600. The van der Waals surface area contributed by atoms with Crippen molar-refractivity contribution in [2.75, 3.05) is 0 Å². The minimum absolute atomic E-state index is 0.0547. The zero-order chi connectivity index (χ0) is 11.1. The monoisotopic (exact) mass is 226 g/mol. The number of nitrogens with zero attached hydrogens (tertiary/aromatic N) is 1. The van der Waals surface area contributed by atoms with Crippen LogP contribution in [0.15, 0.2) is 18.3 Å². The Balaban J connectivity index is 2.33. The molecule has 0 aliphatic rings. The van der Waals surface area contributed by atoms with Crippen molar-refractivity contribution >= 4 is 11.6 Å². The van der Waals surface area contributed by atoms with Crippen LogP contribution in [0.25, 0.3) is 0 Å². The highest BCUT2D eigenvalue weighted by Gasteiger charge is 2.06. The van der Waals surface area contributed by atoms with Gasteiger partial charge in [0, 0.05) is 12.2 Å². The summed E-state index contributed by atoms with van der Waals surface area (Å²) >= 11 is 5.76. The zero-order valence-electron chi connectivity index (χ0n) is 9.25. The highest BCUT2D eigenvalue weighted by molar-refractivity contribution is 6.30. The standard InChI is InChI=1S/C12H19ClN2/c1-2-3-4-5-6-11(14)12-8-7-10(13)9-15-12/h7-9,11H,2-6,14H2,1H3. The van der Waals surface area contributed by atoms with Gasteiger partial charge in [-0.1, -0.05) is 44.2 Å². The predicted octanol–water partition coefficient (Wildman–Crippen LogP) is 3.71. The average molecular weight is 227 g/mol. The van der Waals surface area contributed by atoms with Gasteiger partial charge < -0.3 is 5.73 Å². The fraction of sp³-hybridized carbons (Fsp3) is 0.583. The van der Waals surface area contributed by atoms with Gasteiger partial charge in [-0.2, -0.15) is 0 Å². The first-order valence-corrected chi connectivity index (χ1v) is 5.99. The first-order valence-electron chi connectivity index (χ1n) is 5.61. The molecule has 0 aliphatic heterocycles. The molecule has 0 amide bonds. The Morgan fingerprint density at radius 2 is 2.13 bits per heavy atom. The van der Waals surface area contributed by atoms with Crippen molar-refractivity contribution in [3.63, 3.8) is 0 Å². The lowest BCUT2D eigenvalue weighted by Gasteiger charge is -2.10. The second-order valence-electron chi connectivity index (χ2n) is 3.86. The maximum Gasteiger partial charge on any atom is 0.0589 e. The smallest absolute Gasteiger partial charge is 0.0589 e. The Labute approximate surface area is 96.8 Å². The lowest BCUT2D eigenvalue weighted by Crippen LogP contribution is -2.11. The molecule has 0 bridgehead atoms. The van der Waals surface area contributed by atoms with E-state index in [4.69, 9.17) is 17.3 Å². The van der Waals surface area contributed by atoms with Gasteiger partial charge in [0.1, 0.15) is 0 Å². The third-order valence-corrected chi connectivity index (χ3v) is 2.72. The van der Waals surface area contributed by atoms with Crippen LogP contribution in [0.1, 0.15) is 50.8 Å². The summed E-state index contributed by atoms with van der Waals surface area (Å²) in [5.41, 5.74) is 6.96. The van der Waals surface area contributed by atoms with E-state index in [0.29, 0.717) is 5.02 Å². The number of unbranched alkanes of at least 4 members (excludes halogenated alkanes) is 3. The minimum atomic E-state index is 0.0547. The first kappa shape index (κ1) is 12.5. The Morgan fingerprint density at radius 1 is 1.33 bits per heavy atom. The molecule has 0 aromatic carbocycles. The molecule has 0 fully saturated rings. The first-order chi connectivity index (χ1) is 7.24. The normalized spacial score (nSPS) is 12.7. The summed E-state index contributed by atoms with van der Waals surface area (Å²) in [5, 5.41) is 0.664. The summed E-state index contributed by atoms with van der Waals surface area (Å²) in [4.78, 5) is 4.22. The molecule has 0 radical (unpaired) electrons. The van der Waals surface area contributed by atoms with Crippen molar-refractivity contribution < 1.29 is 0 Å². The molecule has 1 heterocycles. The van der Waals surface area contributed by atoms with Crippen LogP contribution in [-0.2, 0) is 0 Å². The largest absolute Gasteiger partial charge is 0.323 e. The van der Waals surface area contributed by atoms with E-state index >= 15 is 0 Å². The Bertz CT molecular complexity index is 271. The number of hydrogen-bond acceptors (Lipinski definition) is 2. The fourth-order valence-electron chi connectivity index (χ4n) is 1.55. The van der Waals surface area contributed by atoms with Gasteiger partial charge in [0.15, 0.2) is 0 Å². The van der Waals surface area contributed by atoms with Gasteiger partial charge in [-0.15, -0.1) is 0 Å². The molecular formula is C12H19ClN2. The molecule has 0 saturated heterocycles. The van der Waals surface area contributed by atoms with Crippen molar-refractivity contribution in [3.05, 3.63) is 29.0 Å². The van der Waals surface area contributed by atoms with Crippen LogP contribution in [0.3, 0.4) is 0 Å². The maximum absolute atomic E-state index is 6.02. The van der Waals surface area contributed by atoms with Crippen LogP contribution in [0.5, 0.6) is 0 Å². The summed E-state index contributed by atoms with van der Waals surface area (Å²) in [6.45, 7) is 2.21. The predicted molar refractivity (Wildman–Crippen MR) is 64.9 cm³/mol. The van der Waals surface area contributed by atoms with Gasteiger partial charge in [-0.05, 0) is 18.6 Å². The zero-order valence-corrected chi connectivity index (χ0v) is 10.0. The molecule has 15 heavy (non-hydrogen) atoms. The van der Waals surface area contributed by atoms with E-state index in [1.54, 1.807) is 6.20 Å². The molecule has 1 unspecified atom stereocenters. The summed E-state index contributed by atoms with van der Waals surface area (Å²) < 4.78 is 0. The van der Waals surface area contributed by atoms with Gasteiger partial charge in [-0.25, -0.2) is 0 Å². The van der Waals surface area contributed by atoms with E-state index < -0.39 is 0 Å². The van der Waals surface area contributed by atoms with Crippen LogP contribution < -0.4 is 5.73 Å². The summed E-state index contributed by atoms with van der Waals surface area (Å²) in [6.07, 6.45) is 7.66. The quantitative estimate of drug-likeness (QED) is 0.752. The molecule has 0 saturated carbocycles. The number of hydrogen-bond donors (Lipinski definition) is 1. The number of halogens is 1.